The summed E-state index contributed by atoms with van der Waals surface area (Å²) in [5.74, 6) is 0.166. The van der Waals surface area contributed by atoms with Gasteiger partial charge in [0.1, 0.15) is 0 Å². The summed E-state index contributed by atoms with van der Waals surface area (Å²) in [5.41, 5.74) is 4.47. The second kappa shape index (κ2) is 5.59. The third-order valence-corrected chi connectivity index (χ3v) is 4.02. The molecular formula is C18H19NO. The Hall–Kier alpha value is -1.93. The van der Waals surface area contributed by atoms with Gasteiger partial charge in [-0.3, -0.25) is 4.79 Å². The van der Waals surface area contributed by atoms with Crippen molar-refractivity contribution in [2.24, 2.45) is 0 Å². The van der Waals surface area contributed by atoms with Gasteiger partial charge in [0.2, 0.25) is 0 Å². The molecule has 3 rings (SSSR count). The van der Waals surface area contributed by atoms with Crippen molar-refractivity contribution in [3.8, 4) is 0 Å². The average molecular weight is 265 g/mol. The van der Waals surface area contributed by atoms with Crippen LogP contribution in [0.5, 0.6) is 0 Å². The molecule has 2 heteroatoms. The van der Waals surface area contributed by atoms with Crippen molar-refractivity contribution < 1.29 is 4.79 Å². The maximum atomic E-state index is 12.7. The molecular weight excluding hydrogens is 246 g/mol. The van der Waals surface area contributed by atoms with Crippen molar-refractivity contribution in [2.45, 2.75) is 25.8 Å². The predicted octanol–water partition coefficient (Wildman–Crippen LogP) is 3.32. The van der Waals surface area contributed by atoms with Crippen LogP contribution in [0.1, 0.15) is 40.0 Å². The molecule has 102 valence electrons. The molecule has 0 spiro atoms. The van der Waals surface area contributed by atoms with Crippen LogP contribution in [0, 0.1) is 0 Å². The number of carbonyl (C=O) groups excluding carboxylic acids is 1. The molecule has 1 atom stereocenters. The van der Waals surface area contributed by atoms with Crippen molar-refractivity contribution in [2.75, 3.05) is 6.54 Å². The molecule has 1 unspecified atom stereocenters. The molecule has 20 heavy (non-hydrogen) atoms. The first kappa shape index (κ1) is 13.1. The predicted molar refractivity (Wildman–Crippen MR) is 81.0 cm³/mol. The molecule has 0 saturated heterocycles. The second-order valence-electron chi connectivity index (χ2n) is 5.25. The molecule has 0 aliphatic carbocycles. The van der Waals surface area contributed by atoms with E-state index < -0.39 is 0 Å². The first-order valence-electron chi connectivity index (χ1n) is 7.24. The Balaban J connectivity index is 1.91. The van der Waals surface area contributed by atoms with E-state index in [4.69, 9.17) is 0 Å². The number of rotatable bonds is 3. The van der Waals surface area contributed by atoms with Crippen molar-refractivity contribution in [1.82, 2.24) is 5.32 Å². The molecule has 0 saturated carbocycles. The zero-order valence-electron chi connectivity index (χ0n) is 11.7. The van der Waals surface area contributed by atoms with E-state index in [1.54, 1.807) is 0 Å². The maximum Gasteiger partial charge on any atom is 0.184 e. The highest BCUT2D eigenvalue weighted by atomic mass is 16.1. The first-order valence-corrected chi connectivity index (χ1v) is 7.24. The van der Waals surface area contributed by atoms with Gasteiger partial charge in [-0.15, -0.1) is 0 Å². The van der Waals surface area contributed by atoms with Crippen LogP contribution in [-0.2, 0) is 12.8 Å². The summed E-state index contributed by atoms with van der Waals surface area (Å²) in [7, 11) is 0. The van der Waals surface area contributed by atoms with Crippen LogP contribution in [0.25, 0.3) is 0 Å². The van der Waals surface area contributed by atoms with Crippen molar-refractivity contribution >= 4 is 5.78 Å². The van der Waals surface area contributed by atoms with Crippen molar-refractivity contribution in [1.29, 1.82) is 0 Å². The fourth-order valence-electron chi connectivity index (χ4n) is 2.81. The zero-order chi connectivity index (χ0) is 13.9. The highest BCUT2D eigenvalue weighted by Gasteiger charge is 2.26. The number of carbonyl (C=O) groups is 1. The summed E-state index contributed by atoms with van der Waals surface area (Å²) in [4.78, 5) is 12.7. The van der Waals surface area contributed by atoms with E-state index in [0.717, 1.165) is 30.5 Å². The number of benzene rings is 2. The van der Waals surface area contributed by atoms with Gasteiger partial charge in [-0.2, -0.15) is 0 Å². The highest BCUT2D eigenvalue weighted by Crippen LogP contribution is 2.25. The standard InChI is InChI=1S/C18H19NO/c1-2-13-7-9-15(10-8-13)18(20)17-16-6-4-3-5-14(16)11-12-19-17/h3-10,17,19H,2,11-12H2,1H3. The monoisotopic (exact) mass is 265 g/mol. The fourth-order valence-corrected chi connectivity index (χ4v) is 2.81. The topological polar surface area (TPSA) is 29.1 Å². The summed E-state index contributed by atoms with van der Waals surface area (Å²) >= 11 is 0. The molecule has 1 aliphatic heterocycles. The molecule has 0 fully saturated rings. The molecule has 1 N–H and O–H groups in total. The van der Waals surface area contributed by atoms with E-state index in [2.05, 4.69) is 24.4 Å². The van der Waals surface area contributed by atoms with Crippen LogP contribution in [0.15, 0.2) is 48.5 Å². The molecule has 2 nitrogen and oxygen atoms in total. The molecule has 0 radical (unpaired) electrons. The SMILES string of the molecule is CCc1ccc(C(=O)C2NCCc3ccccc32)cc1. The normalized spacial score (nSPS) is 17.6. The summed E-state index contributed by atoms with van der Waals surface area (Å²) < 4.78 is 0. The van der Waals surface area contributed by atoms with Crippen LogP contribution in [0.2, 0.25) is 0 Å². The van der Waals surface area contributed by atoms with Crippen molar-refractivity contribution in [3.05, 3.63) is 70.8 Å². The van der Waals surface area contributed by atoms with Gasteiger partial charge in [0.25, 0.3) is 0 Å². The first-order chi connectivity index (χ1) is 9.79. The van der Waals surface area contributed by atoms with Gasteiger partial charge in [0, 0.05) is 12.1 Å². The van der Waals surface area contributed by atoms with E-state index >= 15 is 0 Å². The van der Waals surface area contributed by atoms with Gasteiger partial charge in [0.15, 0.2) is 5.78 Å². The Morgan fingerprint density at radius 3 is 2.65 bits per heavy atom. The summed E-state index contributed by atoms with van der Waals surface area (Å²) in [6, 6.07) is 16.0. The third kappa shape index (κ3) is 2.39. The van der Waals surface area contributed by atoms with Gasteiger partial charge in [-0.05, 0) is 29.5 Å². The Bertz CT molecular complexity index is 616. The van der Waals surface area contributed by atoms with E-state index in [9.17, 15) is 4.79 Å². The van der Waals surface area contributed by atoms with Crippen LogP contribution >= 0.6 is 0 Å². The number of nitrogens with one attached hydrogen (secondary N) is 1. The number of hydrogen-bond acceptors (Lipinski definition) is 2. The minimum Gasteiger partial charge on any atom is -0.303 e. The third-order valence-electron chi connectivity index (χ3n) is 4.02. The molecule has 1 heterocycles. The lowest BCUT2D eigenvalue weighted by molar-refractivity contribution is 0.0939. The zero-order valence-corrected chi connectivity index (χ0v) is 11.7. The van der Waals surface area contributed by atoms with Gasteiger partial charge < -0.3 is 5.32 Å². The van der Waals surface area contributed by atoms with E-state index in [1.165, 1.54) is 11.1 Å². The van der Waals surface area contributed by atoms with Gasteiger partial charge in [0.05, 0.1) is 6.04 Å². The number of Topliss-reactive ketones (excluding diaryl/α,β-unsaturated/α-hetero) is 1. The number of ketones is 1. The largest absolute Gasteiger partial charge is 0.303 e. The van der Waals surface area contributed by atoms with Crippen LogP contribution in [0.4, 0.5) is 0 Å². The van der Waals surface area contributed by atoms with Crippen molar-refractivity contribution in [3.63, 3.8) is 0 Å². The summed E-state index contributed by atoms with van der Waals surface area (Å²) in [6.45, 7) is 2.98. The highest BCUT2D eigenvalue weighted by molar-refractivity contribution is 6.01. The minimum absolute atomic E-state index is 0.166. The lowest BCUT2D eigenvalue weighted by Crippen LogP contribution is -2.35. The second-order valence-corrected chi connectivity index (χ2v) is 5.25. The maximum absolute atomic E-state index is 12.7. The molecule has 2 aromatic carbocycles. The quantitative estimate of drug-likeness (QED) is 0.863. The minimum atomic E-state index is -0.201. The van der Waals surface area contributed by atoms with Crippen LogP contribution < -0.4 is 5.32 Å². The van der Waals surface area contributed by atoms with Crippen LogP contribution in [-0.4, -0.2) is 12.3 Å². The Morgan fingerprint density at radius 2 is 1.90 bits per heavy atom. The van der Waals surface area contributed by atoms with Gasteiger partial charge >= 0.3 is 0 Å². The molecule has 0 bridgehead atoms. The molecule has 2 aromatic rings. The van der Waals surface area contributed by atoms with E-state index in [1.807, 2.05) is 36.4 Å². The molecule has 0 amide bonds. The Labute approximate surface area is 119 Å². The Kier molecular flexibility index (Phi) is 3.66. The van der Waals surface area contributed by atoms with E-state index in [-0.39, 0.29) is 11.8 Å². The fraction of sp³-hybridized carbons (Fsp3) is 0.278. The number of hydrogen-bond donors (Lipinski definition) is 1. The van der Waals surface area contributed by atoms with Crippen LogP contribution in [0.3, 0.4) is 0 Å². The lowest BCUT2D eigenvalue weighted by Gasteiger charge is -2.25. The smallest absolute Gasteiger partial charge is 0.184 e. The molecule has 0 aromatic heterocycles. The lowest BCUT2D eigenvalue weighted by atomic mass is 9.89. The Morgan fingerprint density at radius 1 is 1.15 bits per heavy atom. The summed E-state index contributed by atoms with van der Waals surface area (Å²) in [5, 5.41) is 3.35. The average Bonchev–Trinajstić information content (AvgIpc) is 2.54. The van der Waals surface area contributed by atoms with Gasteiger partial charge in [-0.25, -0.2) is 0 Å². The number of aryl methyl sites for hydroxylation is 1. The number of fused-ring (bicyclic) bond motifs is 1. The van der Waals surface area contributed by atoms with E-state index in [0.29, 0.717) is 0 Å². The molecule has 1 aliphatic rings. The van der Waals surface area contributed by atoms with Gasteiger partial charge in [-0.1, -0.05) is 55.5 Å². The summed E-state index contributed by atoms with van der Waals surface area (Å²) in [6.07, 6.45) is 1.99.